The van der Waals surface area contributed by atoms with Crippen LogP contribution in [0.4, 0.5) is 5.82 Å². The van der Waals surface area contributed by atoms with Gasteiger partial charge in [-0.05, 0) is 31.0 Å². The van der Waals surface area contributed by atoms with Gasteiger partial charge in [-0.15, -0.1) is 12.3 Å². The normalized spacial score (nSPS) is 11.8. The van der Waals surface area contributed by atoms with Crippen LogP contribution in [0.1, 0.15) is 25.3 Å². The number of nitrogens with one attached hydrogen (secondary N) is 1. The molecule has 2 heteroatoms. The first-order chi connectivity index (χ1) is 6.76. The topological polar surface area (TPSA) is 24.9 Å². The van der Waals surface area contributed by atoms with Crippen LogP contribution in [-0.4, -0.2) is 11.0 Å². The molecule has 1 N–H and O–H groups in total. The van der Waals surface area contributed by atoms with Gasteiger partial charge in [0, 0.05) is 18.7 Å². The SMILES string of the molecule is C#CCC(CC)Nc1cc(C)ccn1. The average Bonchev–Trinajstić information content (AvgIpc) is 2.17. The Balaban J connectivity index is 2.63. The van der Waals surface area contributed by atoms with E-state index in [0.29, 0.717) is 6.04 Å². The van der Waals surface area contributed by atoms with Crippen molar-refractivity contribution in [1.29, 1.82) is 0 Å². The van der Waals surface area contributed by atoms with Crippen molar-refractivity contribution in [2.75, 3.05) is 5.32 Å². The van der Waals surface area contributed by atoms with E-state index < -0.39 is 0 Å². The molecule has 0 saturated heterocycles. The summed E-state index contributed by atoms with van der Waals surface area (Å²) in [4.78, 5) is 4.23. The molecular formula is C12H16N2. The molecule has 0 aromatic carbocycles. The second-order valence-electron chi connectivity index (χ2n) is 3.38. The zero-order valence-electron chi connectivity index (χ0n) is 8.75. The Bertz CT molecular complexity index is 325. The number of rotatable bonds is 4. The lowest BCUT2D eigenvalue weighted by Gasteiger charge is -2.14. The highest BCUT2D eigenvalue weighted by molar-refractivity contribution is 5.38. The Kier molecular flexibility index (Phi) is 4.00. The van der Waals surface area contributed by atoms with Crippen LogP contribution in [-0.2, 0) is 0 Å². The Morgan fingerprint density at radius 3 is 3.00 bits per heavy atom. The van der Waals surface area contributed by atoms with Crippen LogP contribution >= 0.6 is 0 Å². The van der Waals surface area contributed by atoms with Gasteiger partial charge in [-0.3, -0.25) is 0 Å². The maximum absolute atomic E-state index is 5.28. The van der Waals surface area contributed by atoms with Gasteiger partial charge in [-0.2, -0.15) is 0 Å². The fourth-order valence-electron chi connectivity index (χ4n) is 1.26. The van der Waals surface area contributed by atoms with Gasteiger partial charge in [0.1, 0.15) is 5.82 Å². The van der Waals surface area contributed by atoms with E-state index in [2.05, 4.69) is 30.1 Å². The summed E-state index contributed by atoms with van der Waals surface area (Å²) in [7, 11) is 0. The summed E-state index contributed by atoms with van der Waals surface area (Å²) in [6.07, 6.45) is 8.84. The van der Waals surface area contributed by atoms with Gasteiger partial charge in [0.2, 0.25) is 0 Å². The maximum atomic E-state index is 5.28. The number of hydrogen-bond acceptors (Lipinski definition) is 2. The summed E-state index contributed by atoms with van der Waals surface area (Å²) in [5.41, 5.74) is 1.21. The summed E-state index contributed by atoms with van der Waals surface area (Å²) in [5.74, 6) is 3.57. The molecule has 0 radical (unpaired) electrons. The lowest BCUT2D eigenvalue weighted by molar-refractivity contribution is 0.711. The van der Waals surface area contributed by atoms with Crippen molar-refractivity contribution in [1.82, 2.24) is 4.98 Å². The third-order valence-electron chi connectivity index (χ3n) is 2.12. The van der Waals surface area contributed by atoms with Crippen molar-refractivity contribution in [3.05, 3.63) is 23.9 Å². The molecule has 0 aliphatic rings. The number of aryl methyl sites for hydroxylation is 1. The first-order valence-corrected chi connectivity index (χ1v) is 4.89. The van der Waals surface area contributed by atoms with Crippen LogP contribution in [0.5, 0.6) is 0 Å². The Labute approximate surface area is 85.8 Å². The lowest BCUT2D eigenvalue weighted by Crippen LogP contribution is -2.18. The van der Waals surface area contributed by atoms with Crippen LogP contribution in [0.15, 0.2) is 18.3 Å². The predicted octanol–water partition coefficient (Wildman–Crippen LogP) is 2.60. The molecule has 0 fully saturated rings. The van der Waals surface area contributed by atoms with Crippen molar-refractivity contribution in [3.8, 4) is 12.3 Å². The molecule has 0 spiro atoms. The smallest absolute Gasteiger partial charge is 0.126 e. The third-order valence-corrected chi connectivity index (χ3v) is 2.12. The van der Waals surface area contributed by atoms with Crippen molar-refractivity contribution >= 4 is 5.82 Å². The number of pyridine rings is 1. The summed E-state index contributed by atoms with van der Waals surface area (Å²) < 4.78 is 0. The molecule has 0 aliphatic carbocycles. The molecule has 0 aliphatic heterocycles. The number of nitrogens with zero attached hydrogens (tertiary/aromatic N) is 1. The molecule has 0 saturated carbocycles. The predicted molar refractivity (Wildman–Crippen MR) is 60.1 cm³/mol. The van der Waals surface area contributed by atoms with Crippen LogP contribution in [0.2, 0.25) is 0 Å². The van der Waals surface area contributed by atoms with E-state index >= 15 is 0 Å². The Morgan fingerprint density at radius 2 is 2.43 bits per heavy atom. The molecule has 1 unspecified atom stereocenters. The maximum Gasteiger partial charge on any atom is 0.126 e. The van der Waals surface area contributed by atoms with E-state index in [0.717, 1.165) is 18.7 Å². The van der Waals surface area contributed by atoms with E-state index in [4.69, 9.17) is 6.42 Å². The summed E-state index contributed by atoms with van der Waals surface area (Å²) in [6, 6.07) is 4.33. The largest absolute Gasteiger partial charge is 0.366 e. The molecular weight excluding hydrogens is 172 g/mol. The average molecular weight is 188 g/mol. The minimum absolute atomic E-state index is 0.328. The van der Waals surface area contributed by atoms with E-state index in [1.54, 1.807) is 6.20 Å². The van der Waals surface area contributed by atoms with Crippen molar-refractivity contribution in [3.63, 3.8) is 0 Å². The molecule has 2 nitrogen and oxygen atoms in total. The van der Waals surface area contributed by atoms with Crippen LogP contribution in [0, 0.1) is 19.3 Å². The third kappa shape index (κ3) is 3.10. The minimum Gasteiger partial charge on any atom is -0.366 e. The lowest BCUT2D eigenvalue weighted by atomic mass is 10.1. The highest BCUT2D eigenvalue weighted by atomic mass is 15.0. The zero-order chi connectivity index (χ0) is 10.4. The molecule has 14 heavy (non-hydrogen) atoms. The summed E-state index contributed by atoms with van der Waals surface area (Å²) >= 11 is 0. The molecule has 0 amide bonds. The van der Waals surface area contributed by atoms with Gasteiger partial charge in [-0.25, -0.2) is 4.98 Å². The Hall–Kier alpha value is -1.49. The van der Waals surface area contributed by atoms with Gasteiger partial charge < -0.3 is 5.32 Å². The molecule has 74 valence electrons. The van der Waals surface area contributed by atoms with Crippen LogP contribution in [0.25, 0.3) is 0 Å². The van der Waals surface area contributed by atoms with E-state index in [1.807, 2.05) is 12.1 Å². The monoisotopic (exact) mass is 188 g/mol. The van der Waals surface area contributed by atoms with Gasteiger partial charge in [0.05, 0.1) is 0 Å². The highest BCUT2D eigenvalue weighted by Gasteiger charge is 2.04. The molecule has 1 rings (SSSR count). The first-order valence-electron chi connectivity index (χ1n) is 4.89. The molecule has 0 bridgehead atoms. The number of hydrogen-bond donors (Lipinski definition) is 1. The molecule has 1 aromatic heterocycles. The number of aromatic nitrogens is 1. The van der Waals surface area contributed by atoms with Gasteiger partial charge in [0.25, 0.3) is 0 Å². The van der Waals surface area contributed by atoms with Gasteiger partial charge in [0.15, 0.2) is 0 Å². The number of anilines is 1. The van der Waals surface area contributed by atoms with Crippen LogP contribution < -0.4 is 5.32 Å². The summed E-state index contributed by atoms with van der Waals surface area (Å²) in [5, 5.41) is 3.32. The van der Waals surface area contributed by atoms with Crippen molar-refractivity contribution in [2.24, 2.45) is 0 Å². The Morgan fingerprint density at radius 1 is 1.64 bits per heavy atom. The molecule has 1 heterocycles. The molecule has 1 aromatic rings. The zero-order valence-corrected chi connectivity index (χ0v) is 8.75. The standard InChI is InChI=1S/C12H16N2/c1-4-6-11(5-2)14-12-9-10(3)7-8-13-12/h1,7-9,11H,5-6H2,2-3H3,(H,13,14). The summed E-state index contributed by atoms with van der Waals surface area (Å²) in [6.45, 7) is 4.17. The number of terminal acetylenes is 1. The van der Waals surface area contributed by atoms with Crippen molar-refractivity contribution in [2.45, 2.75) is 32.7 Å². The second-order valence-corrected chi connectivity index (χ2v) is 3.38. The van der Waals surface area contributed by atoms with E-state index in [-0.39, 0.29) is 0 Å². The first kappa shape index (κ1) is 10.6. The van der Waals surface area contributed by atoms with E-state index in [1.165, 1.54) is 5.56 Å². The van der Waals surface area contributed by atoms with E-state index in [9.17, 15) is 0 Å². The van der Waals surface area contributed by atoms with Crippen LogP contribution in [0.3, 0.4) is 0 Å². The van der Waals surface area contributed by atoms with Crippen molar-refractivity contribution < 1.29 is 0 Å². The second kappa shape index (κ2) is 5.29. The fraction of sp³-hybridized carbons (Fsp3) is 0.417. The quantitative estimate of drug-likeness (QED) is 0.735. The fourth-order valence-corrected chi connectivity index (χ4v) is 1.26. The highest BCUT2D eigenvalue weighted by Crippen LogP contribution is 2.09. The molecule has 1 atom stereocenters. The van der Waals surface area contributed by atoms with Gasteiger partial charge >= 0.3 is 0 Å². The van der Waals surface area contributed by atoms with Gasteiger partial charge in [-0.1, -0.05) is 6.92 Å². The minimum atomic E-state index is 0.328.